The van der Waals surface area contributed by atoms with Crippen molar-refractivity contribution in [2.45, 2.75) is 280 Å². The van der Waals surface area contributed by atoms with Gasteiger partial charge in [0.05, 0.1) is 36.9 Å². The van der Waals surface area contributed by atoms with Crippen LogP contribution in [-0.2, 0) is 66.5 Å². The van der Waals surface area contributed by atoms with Crippen molar-refractivity contribution in [3.8, 4) is 0 Å². The summed E-state index contributed by atoms with van der Waals surface area (Å²) in [5, 5.41) is 142. The molecular weight excluding hydrogens is 1160 g/mol. The zero-order chi connectivity index (χ0) is 64.3. The molecule has 5 saturated heterocycles. The quantitative estimate of drug-likeness (QED) is 0.0396. The van der Waals surface area contributed by atoms with Gasteiger partial charge in [0.2, 0.25) is 6.29 Å². The Morgan fingerprint density at radius 3 is 1.78 bits per heavy atom. The van der Waals surface area contributed by atoms with Crippen LogP contribution >= 0.6 is 0 Å². The van der Waals surface area contributed by atoms with Crippen molar-refractivity contribution in [3.05, 3.63) is 11.6 Å². The number of aldehydes is 1. The van der Waals surface area contributed by atoms with Crippen molar-refractivity contribution in [3.63, 3.8) is 0 Å². The van der Waals surface area contributed by atoms with Crippen LogP contribution in [0.1, 0.15) is 127 Å². The molecule has 0 amide bonds. The lowest BCUT2D eigenvalue weighted by Crippen LogP contribution is -2.66. The molecule has 88 heavy (non-hydrogen) atoms. The van der Waals surface area contributed by atoms with Gasteiger partial charge in [-0.25, -0.2) is 0 Å². The summed E-state index contributed by atoms with van der Waals surface area (Å²) in [5.41, 5.74) is -2.44. The number of aliphatic hydroxyl groups excluding tert-OH is 13. The van der Waals surface area contributed by atoms with Crippen molar-refractivity contribution in [1.82, 2.24) is 0 Å². The summed E-state index contributed by atoms with van der Waals surface area (Å²) in [7, 11) is 0. The van der Waals surface area contributed by atoms with Crippen LogP contribution in [0.3, 0.4) is 0 Å². The largest absolute Gasteiger partial charge is 0.463 e. The van der Waals surface area contributed by atoms with E-state index >= 15 is 4.79 Å². The molecule has 0 radical (unpaired) electrons. The maximum absolute atomic E-state index is 15.3. The molecule has 33 atom stereocenters. The zero-order valence-electron chi connectivity index (χ0n) is 51.5. The number of aliphatic hydroxyl groups is 13. The summed E-state index contributed by atoms with van der Waals surface area (Å²) < 4.78 is 65.1. The Morgan fingerprint density at radius 1 is 0.580 bits per heavy atom. The highest BCUT2D eigenvalue weighted by atomic mass is 16.8. The maximum atomic E-state index is 15.3. The molecule has 10 rings (SSSR count). The molecule has 5 aliphatic carbocycles. The number of carbonyl (C=O) groups excluding carboxylic acids is 3. The van der Waals surface area contributed by atoms with Crippen LogP contribution in [0.15, 0.2) is 11.6 Å². The third-order valence-electron chi connectivity index (χ3n) is 23.4. The molecule has 9 fully saturated rings. The summed E-state index contributed by atoms with van der Waals surface area (Å²) in [6, 6.07) is 0. The first-order valence-electron chi connectivity index (χ1n) is 31.4. The molecule has 0 spiro atoms. The lowest BCUT2D eigenvalue weighted by atomic mass is 9.33. The lowest BCUT2D eigenvalue weighted by molar-refractivity contribution is -0.364. The third kappa shape index (κ3) is 11.7. The molecule has 4 saturated carbocycles. The highest BCUT2D eigenvalue weighted by molar-refractivity contribution is 5.79. The highest BCUT2D eigenvalue weighted by Crippen LogP contribution is 2.76. The molecule has 10 aliphatic rings. The fraction of sp³-hybridized carbons (Fsp3) is 0.918. The van der Waals surface area contributed by atoms with Crippen LogP contribution < -0.4 is 0 Å². The van der Waals surface area contributed by atoms with Gasteiger partial charge in [-0.1, -0.05) is 53.2 Å². The average Bonchev–Trinajstić information content (AvgIpc) is 0.687. The lowest BCUT2D eigenvalue weighted by Gasteiger charge is -2.71. The molecule has 5 aliphatic heterocycles. The van der Waals surface area contributed by atoms with Crippen molar-refractivity contribution in [2.75, 3.05) is 19.8 Å². The third-order valence-corrected chi connectivity index (χ3v) is 23.4. The maximum Gasteiger partial charge on any atom is 0.315 e. The minimum atomic E-state index is -1.95. The molecule has 5 heterocycles. The average molecular weight is 1260 g/mol. The fourth-order valence-electron chi connectivity index (χ4n) is 17.7. The molecule has 0 aromatic heterocycles. The van der Waals surface area contributed by atoms with Crippen molar-refractivity contribution < 1.29 is 133 Å². The van der Waals surface area contributed by atoms with Gasteiger partial charge in [0.15, 0.2) is 25.2 Å². The van der Waals surface area contributed by atoms with E-state index < -0.39 is 206 Å². The molecule has 13 N–H and O–H groups in total. The molecule has 502 valence electrons. The standard InChI is InChI=1S/C61H96O27/c1-25-36(65)40(69)44(73)51(81-25)86-48-32(23-78-27(3)63)84-50(47(76)43(48)72)80-22-31-39(68)42(71)46(75)53(83-31)88-55(77)61-18-16-57(6,24-62)20-29(61)28-10-11-34-58(7)14-13-35(56(4,5)33(58)12-15-60(34,9)59(28,8)17-19-61)85-54-49(38(67)30(64)21-79-54)87-52-45(74)41(70)37(66)26(2)82-52/h10,24-26,29-54,64-76H,11-23H2,1-9H3/t25-,26-,29-,30-,31+,32+,33-,34+,35-,36-,37-,38-,39+,40+,41+,42-,43+,44+,45+,46+,47+,48+,49+,50+,51-,52-,53-,54-,57+,58-,59+,60+,61-/m0/s1. The van der Waals surface area contributed by atoms with E-state index in [9.17, 15) is 76.0 Å². The van der Waals surface area contributed by atoms with Crippen molar-refractivity contribution in [1.29, 1.82) is 0 Å². The predicted molar refractivity (Wildman–Crippen MR) is 297 cm³/mol. The minimum absolute atomic E-state index is 0.115. The summed E-state index contributed by atoms with van der Waals surface area (Å²) in [5.74, 6) is -1.70. The predicted octanol–water partition coefficient (Wildman–Crippen LogP) is -1.77. The van der Waals surface area contributed by atoms with Gasteiger partial charge in [0.1, 0.15) is 117 Å². The Labute approximate surface area is 511 Å². The van der Waals surface area contributed by atoms with Crippen LogP contribution in [0.2, 0.25) is 0 Å². The first kappa shape index (κ1) is 68.3. The molecule has 0 aromatic rings. The topological polar surface area (TPSA) is 416 Å². The van der Waals surface area contributed by atoms with E-state index in [0.717, 1.165) is 38.0 Å². The van der Waals surface area contributed by atoms with Gasteiger partial charge in [0, 0.05) is 12.3 Å². The van der Waals surface area contributed by atoms with Gasteiger partial charge in [0.25, 0.3) is 0 Å². The number of hydrogen-bond donors (Lipinski definition) is 13. The van der Waals surface area contributed by atoms with Crippen LogP contribution in [0.25, 0.3) is 0 Å². The van der Waals surface area contributed by atoms with E-state index in [2.05, 4.69) is 40.7 Å². The van der Waals surface area contributed by atoms with Crippen LogP contribution in [0.5, 0.6) is 0 Å². The summed E-state index contributed by atoms with van der Waals surface area (Å²) >= 11 is 0. The number of allylic oxidation sites excluding steroid dienone is 2. The SMILES string of the molecule is CC(=O)OC[C@H]1O[C@@H](OC[C@H]2O[C@@H](OC(=O)[C@]34CC[C@@](C)(C=O)C[C@H]3C3=CC[C@@H]5[C@@]6(C)CC[C@H](O[C@@H]7OC[C@H](O)[C@H](O)[C@H]7O[C@@H]7O[C@@H](C)[C@H](O)[C@@H](O)[C@H]7O)C(C)(C)[C@@H]6CC[C@@]5(C)[C@]3(C)CC4)[C@H](O)[C@@H](O)[C@@H]2O)[C@H](O)[C@@H](O)[C@@H]1O[C@@H]1O[C@@H](C)[C@H](O)[C@@H](O)[C@H]1O. The fourth-order valence-corrected chi connectivity index (χ4v) is 17.7. The molecule has 0 bridgehead atoms. The van der Waals surface area contributed by atoms with Gasteiger partial charge >= 0.3 is 11.9 Å². The number of fused-ring (bicyclic) bond motifs is 7. The highest BCUT2D eigenvalue weighted by Gasteiger charge is 2.71. The smallest absolute Gasteiger partial charge is 0.315 e. The number of esters is 2. The van der Waals surface area contributed by atoms with Gasteiger partial charge in [-0.3, -0.25) is 9.59 Å². The number of hydrogen-bond acceptors (Lipinski definition) is 27. The molecule has 27 heteroatoms. The summed E-state index contributed by atoms with van der Waals surface area (Å²) in [4.78, 5) is 40.2. The first-order valence-corrected chi connectivity index (χ1v) is 31.4. The number of rotatable bonds is 14. The van der Waals surface area contributed by atoms with Crippen LogP contribution in [0.4, 0.5) is 0 Å². The van der Waals surface area contributed by atoms with E-state index in [4.69, 9.17) is 52.1 Å². The number of ether oxygens (including phenoxy) is 11. The summed E-state index contributed by atoms with van der Waals surface area (Å²) in [6.07, 6.45) is -29.6. The second-order valence-electron chi connectivity index (χ2n) is 28.9. The van der Waals surface area contributed by atoms with Crippen LogP contribution in [0, 0.1) is 50.2 Å². The van der Waals surface area contributed by atoms with E-state index in [1.54, 1.807) is 0 Å². The van der Waals surface area contributed by atoms with Crippen molar-refractivity contribution >= 4 is 18.2 Å². The molecule has 27 nitrogen and oxygen atoms in total. The van der Waals surface area contributed by atoms with E-state index in [1.165, 1.54) is 13.8 Å². The Bertz CT molecular complexity index is 2520. The van der Waals surface area contributed by atoms with Gasteiger partial charge in [-0.15, -0.1) is 0 Å². The van der Waals surface area contributed by atoms with Gasteiger partial charge in [-0.05, 0) is 117 Å². The van der Waals surface area contributed by atoms with Gasteiger partial charge in [-0.2, -0.15) is 0 Å². The first-order chi connectivity index (χ1) is 41.2. The van der Waals surface area contributed by atoms with E-state index in [1.807, 2.05) is 6.92 Å². The zero-order valence-corrected chi connectivity index (χ0v) is 51.5. The summed E-state index contributed by atoms with van der Waals surface area (Å²) in [6.45, 7) is 15.7. The Hall–Kier alpha value is -2.53. The second-order valence-corrected chi connectivity index (χ2v) is 28.9. The molecule has 0 unspecified atom stereocenters. The van der Waals surface area contributed by atoms with E-state index in [-0.39, 0.29) is 35.7 Å². The van der Waals surface area contributed by atoms with Gasteiger partial charge < -0.3 is 123 Å². The van der Waals surface area contributed by atoms with Crippen LogP contribution in [-0.4, -0.2) is 258 Å². The molecule has 0 aromatic carbocycles. The van der Waals surface area contributed by atoms with E-state index in [0.29, 0.717) is 38.5 Å². The Kier molecular flexibility index (Phi) is 19.7. The number of carbonyl (C=O) groups is 3. The Morgan fingerprint density at radius 2 is 1.16 bits per heavy atom. The van der Waals surface area contributed by atoms with Crippen molar-refractivity contribution in [2.24, 2.45) is 50.2 Å². The minimum Gasteiger partial charge on any atom is -0.463 e. The second kappa shape index (κ2) is 25.3. The normalized spacial score (nSPS) is 53.6. The monoisotopic (exact) mass is 1260 g/mol. The Balaban J connectivity index is 0.839. The molecular formula is C61H96O27.